The summed E-state index contributed by atoms with van der Waals surface area (Å²) in [4.78, 5) is 18.3. The van der Waals surface area contributed by atoms with Crippen molar-refractivity contribution in [1.82, 2.24) is 4.98 Å². The van der Waals surface area contributed by atoms with Crippen molar-refractivity contribution in [1.29, 1.82) is 0 Å². The van der Waals surface area contributed by atoms with Crippen LogP contribution >= 0.6 is 0 Å². The van der Waals surface area contributed by atoms with Gasteiger partial charge in [0.1, 0.15) is 5.82 Å². The van der Waals surface area contributed by atoms with Crippen molar-refractivity contribution in [3.05, 3.63) is 17.7 Å². The van der Waals surface area contributed by atoms with Gasteiger partial charge in [-0.15, -0.1) is 0 Å². The second kappa shape index (κ2) is 5.06. The molecule has 0 bridgehead atoms. The lowest BCUT2D eigenvalue weighted by Gasteiger charge is -2.32. The fraction of sp³-hybridized carbons (Fsp3) is 0.625. The third-order valence-electron chi connectivity index (χ3n) is 4.94. The van der Waals surface area contributed by atoms with E-state index in [1.54, 1.807) is 11.8 Å². The quantitative estimate of drug-likeness (QED) is 0.741. The van der Waals surface area contributed by atoms with Crippen molar-refractivity contribution in [2.24, 2.45) is 0 Å². The highest BCUT2D eigenvalue weighted by atomic mass is 16.7. The summed E-state index contributed by atoms with van der Waals surface area (Å²) in [5.74, 6) is 0.783. The molecule has 0 radical (unpaired) electrons. The zero-order valence-corrected chi connectivity index (χ0v) is 14.0. The van der Waals surface area contributed by atoms with Gasteiger partial charge in [-0.25, -0.2) is 4.98 Å². The van der Waals surface area contributed by atoms with Gasteiger partial charge in [0.25, 0.3) is 0 Å². The molecule has 2 aliphatic heterocycles. The second-order valence-electron chi connectivity index (χ2n) is 7.08. The molecule has 0 saturated carbocycles. The monoisotopic (exact) mass is 302 g/mol. The number of pyridine rings is 1. The highest BCUT2D eigenvalue weighted by Gasteiger charge is 2.52. The standard InChI is InChI=1S/C16H23BN2O3/c1-11(20)19-10-6-7-12-8-9-13(18-14(12)19)17-21-15(2,3)16(4,5)22-17/h8-9H,6-7,10H2,1-5H3. The molecule has 22 heavy (non-hydrogen) atoms. The van der Waals surface area contributed by atoms with E-state index in [0.29, 0.717) is 0 Å². The van der Waals surface area contributed by atoms with E-state index in [9.17, 15) is 4.79 Å². The fourth-order valence-corrected chi connectivity index (χ4v) is 2.86. The number of anilines is 1. The van der Waals surface area contributed by atoms with Crippen molar-refractivity contribution in [2.75, 3.05) is 11.4 Å². The topological polar surface area (TPSA) is 51.7 Å². The molecule has 1 saturated heterocycles. The van der Waals surface area contributed by atoms with Gasteiger partial charge in [0.05, 0.1) is 16.8 Å². The molecular formula is C16H23BN2O3. The SMILES string of the molecule is CC(=O)N1CCCc2ccc(B3OC(C)(C)C(C)(C)O3)nc21. The Hall–Kier alpha value is -1.40. The van der Waals surface area contributed by atoms with Gasteiger partial charge in [-0.3, -0.25) is 9.69 Å². The molecule has 3 rings (SSSR count). The molecule has 0 spiro atoms. The van der Waals surface area contributed by atoms with E-state index in [0.717, 1.165) is 36.4 Å². The first-order chi connectivity index (χ1) is 10.2. The van der Waals surface area contributed by atoms with Gasteiger partial charge in [0.15, 0.2) is 0 Å². The molecule has 0 atom stereocenters. The van der Waals surface area contributed by atoms with E-state index in [1.807, 2.05) is 39.8 Å². The molecule has 1 fully saturated rings. The lowest BCUT2D eigenvalue weighted by Crippen LogP contribution is -2.41. The minimum Gasteiger partial charge on any atom is -0.398 e. The Balaban J connectivity index is 1.94. The Labute approximate surface area is 132 Å². The molecule has 0 unspecified atom stereocenters. The highest BCUT2D eigenvalue weighted by molar-refractivity contribution is 6.61. The summed E-state index contributed by atoms with van der Waals surface area (Å²) in [5.41, 5.74) is 1.05. The average molecular weight is 302 g/mol. The number of aryl methyl sites for hydroxylation is 1. The maximum atomic E-state index is 11.8. The van der Waals surface area contributed by atoms with Crippen LogP contribution in [0.4, 0.5) is 5.82 Å². The van der Waals surface area contributed by atoms with Gasteiger partial charge in [-0.2, -0.15) is 0 Å². The average Bonchev–Trinajstić information content (AvgIpc) is 2.66. The minimum atomic E-state index is -0.494. The van der Waals surface area contributed by atoms with Crippen molar-refractivity contribution in [2.45, 2.75) is 58.7 Å². The van der Waals surface area contributed by atoms with Crippen molar-refractivity contribution >= 4 is 24.4 Å². The molecule has 118 valence electrons. The van der Waals surface area contributed by atoms with Crippen LogP contribution in [0.25, 0.3) is 0 Å². The van der Waals surface area contributed by atoms with E-state index in [-0.39, 0.29) is 5.91 Å². The molecule has 1 amide bonds. The predicted molar refractivity (Wildman–Crippen MR) is 86.3 cm³/mol. The van der Waals surface area contributed by atoms with Crippen molar-refractivity contribution in [3.8, 4) is 0 Å². The van der Waals surface area contributed by atoms with Crippen LogP contribution in [0.5, 0.6) is 0 Å². The molecule has 0 N–H and O–H groups in total. The number of carbonyl (C=O) groups is 1. The normalized spacial score (nSPS) is 22.6. The van der Waals surface area contributed by atoms with Gasteiger partial charge >= 0.3 is 7.12 Å². The maximum Gasteiger partial charge on any atom is 0.514 e. The first-order valence-electron chi connectivity index (χ1n) is 7.85. The number of fused-ring (bicyclic) bond motifs is 1. The summed E-state index contributed by atoms with van der Waals surface area (Å²) in [7, 11) is -0.494. The minimum absolute atomic E-state index is 0.0273. The number of hydrogen-bond donors (Lipinski definition) is 0. The predicted octanol–water partition coefficient (Wildman–Crippen LogP) is 1.68. The van der Waals surface area contributed by atoms with Crippen LogP contribution in [0.1, 0.15) is 46.6 Å². The highest BCUT2D eigenvalue weighted by Crippen LogP contribution is 2.36. The molecule has 5 nitrogen and oxygen atoms in total. The Morgan fingerprint density at radius 2 is 1.86 bits per heavy atom. The van der Waals surface area contributed by atoms with Crippen molar-refractivity contribution in [3.63, 3.8) is 0 Å². The van der Waals surface area contributed by atoms with Crippen LogP contribution < -0.4 is 10.5 Å². The Kier molecular flexibility index (Phi) is 3.57. The van der Waals surface area contributed by atoms with Gasteiger partial charge in [-0.05, 0) is 52.2 Å². The summed E-state index contributed by atoms with van der Waals surface area (Å²) in [6.07, 6.45) is 1.93. The summed E-state index contributed by atoms with van der Waals surface area (Å²) in [5, 5.41) is 0. The molecule has 0 aliphatic carbocycles. The first-order valence-corrected chi connectivity index (χ1v) is 7.85. The molecule has 3 heterocycles. The van der Waals surface area contributed by atoms with Crippen LogP contribution in [-0.4, -0.2) is 35.8 Å². The van der Waals surface area contributed by atoms with E-state index in [2.05, 4.69) is 4.98 Å². The molecule has 1 aromatic rings. The van der Waals surface area contributed by atoms with Crippen molar-refractivity contribution < 1.29 is 14.1 Å². The lowest BCUT2D eigenvalue weighted by atomic mass is 9.83. The third kappa shape index (κ3) is 2.44. The number of nitrogens with zero attached hydrogens (tertiary/aromatic N) is 2. The van der Waals surface area contributed by atoms with E-state index < -0.39 is 18.3 Å². The summed E-state index contributed by atoms with van der Waals surface area (Å²) in [6.45, 7) is 10.4. The van der Waals surface area contributed by atoms with Crippen LogP contribution in [0, 0.1) is 0 Å². The Bertz CT molecular complexity index is 599. The number of carbonyl (C=O) groups excluding carboxylic acids is 1. The number of aromatic nitrogens is 1. The molecule has 0 aromatic carbocycles. The smallest absolute Gasteiger partial charge is 0.398 e. The molecule has 1 aromatic heterocycles. The summed E-state index contributed by atoms with van der Waals surface area (Å²) < 4.78 is 12.1. The van der Waals surface area contributed by atoms with Gasteiger partial charge in [0.2, 0.25) is 5.91 Å². The van der Waals surface area contributed by atoms with E-state index >= 15 is 0 Å². The summed E-state index contributed by atoms with van der Waals surface area (Å²) in [6, 6.07) is 3.99. The van der Waals surface area contributed by atoms with E-state index in [4.69, 9.17) is 9.31 Å². The third-order valence-corrected chi connectivity index (χ3v) is 4.94. The number of rotatable bonds is 1. The number of hydrogen-bond acceptors (Lipinski definition) is 4. The fourth-order valence-electron chi connectivity index (χ4n) is 2.86. The van der Waals surface area contributed by atoms with Crippen LogP contribution in [0.2, 0.25) is 0 Å². The molecular weight excluding hydrogens is 279 g/mol. The van der Waals surface area contributed by atoms with Crippen LogP contribution in [-0.2, 0) is 20.5 Å². The van der Waals surface area contributed by atoms with Crippen LogP contribution in [0.15, 0.2) is 12.1 Å². The first kappa shape index (κ1) is 15.5. The number of amides is 1. The molecule has 2 aliphatic rings. The Morgan fingerprint density at radius 3 is 2.45 bits per heavy atom. The molecule has 6 heteroatoms. The zero-order valence-electron chi connectivity index (χ0n) is 14.0. The largest absolute Gasteiger partial charge is 0.514 e. The second-order valence-corrected chi connectivity index (χ2v) is 7.08. The lowest BCUT2D eigenvalue weighted by molar-refractivity contribution is -0.116. The summed E-state index contributed by atoms with van der Waals surface area (Å²) >= 11 is 0. The zero-order chi connectivity index (χ0) is 16.1. The Morgan fingerprint density at radius 1 is 1.23 bits per heavy atom. The van der Waals surface area contributed by atoms with Gasteiger partial charge < -0.3 is 9.31 Å². The van der Waals surface area contributed by atoms with Gasteiger partial charge in [-0.1, -0.05) is 6.07 Å². The van der Waals surface area contributed by atoms with Gasteiger partial charge in [0, 0.05) is 13.5 Å². The van der Waals surface area contributed by atoms with Crippen LogP contribution in [0.3, 0.4) is 0 Å². The van der Waals surface area contributed by atoms with E-state index in [1.165, 1.54) is 0 Å². The maximum absolute atomic E-state index is 11.8.